The van der Waals surface area contributed by atoms with E-state index in [4.69, 9.17) is 27.9 Å². The van der Waals surface area contributed by atoms with Crippen molar-refractivity contribution in [3.8, 4) is 5.75 Å². The van der Waals surface area contributed by atoms with Crippen LogP contribution in [0.4, 0.5) is 4.39 Å². The van der Waals surface area contributed by atoms with Gasteiger partial charge in [0.2, 0.25) is 0 Å². The van der Waals surface area contributed by atoms with Crippen LogP contribution >= 0.6 is 35.0 Å². The Balaban J connectivity index is 1.72. The van der Waals surface area contributed by atoms with Crippen LogP contribution in [0.5, 0.6) is 5.75 Å². The molecule has 8 heteroatoms. The molecule has 27 heavy (non-hydrogen) atoms. The standard InChI is InChI=1S/C19H16Cl2FN3OS/c1-2-10-25-18(11-26-14-8-6-13(22)7-9-14)23-24-19(25)27-12-15-16(20)4-3-5-17(15)21/h2-9H,1,10-12H2. The Kier molecular flexibility index (Phi) is 6.77. The molecule has 2 aromatic carbocycles. The molecule has 0 spiro atoms. The number of benzene rings is 2. The molecule has 0 saturated heterocycles. The highest BCUT2D eigenvalue weighted by Crippen LogP contribution is 2.31. The third-order valence-corrected chi connectivity index (χ3v) is 5.40. The lowest BCUT2D eigenvalue weighted by atomic mass is 10.2. The minimum atomic E-state index is -0.311. The van der Waals surface area contributed by atoms with Crippen LogP contribution in [-0.2, 0) is 18.9 Å². The van der Waals surface area contributed by atoms with Crippen molar-refractivity contribution >= 4 is 35.0 Å². The summed E-state index contributed by atoms with van der Waals surface area (Å²) in [4.78, 5) is 0. The summed E-state index contributed by atoms with van der Waals surface area (Å²) in [6.07, 6.45) is 1.76. The van der Waals surface area contributed by atoms with E-state index in [1.807, 2.05) is 10.6 Å². The lowest BCUT2D eigenvalue weighted by Gasteiger charge is -2.10. The fourth-order valence-electron chi connectivity index (χ4n) is 2.33. The van der Waals surface area contributed by atoms with Gasteiger partial charge in [-0.3, -0.25) is 4.57 Å². The molecule has 0 fully saturated rings. The number of ether oxygens (including phenoxy) is 1. The fraction of sp³-hybridized carbons (Fsp3) is 0.158. The van der Waals surface area contributed by atoms with Crippen molar-refractivity contribution in [1.29, 1.82) is 0 Å². The molecule has 0 atom stereocenters. The number of hydrogen-bond acceptors (Lipinski definition) is 4. The third-order valence-electron chi connectivity index (χ3n) is 3.69. The van der Waals surface area contributed by atoms with E-state index in [2.05, 4.69) is 16.8 Å². The summed E-state index contributed by atoms with van der Waals surface area (Å²) in [7, 11) is 0. The van der Waals surface area contributed by atoms with E-state index < -0.39 is 0 Å². The normalized spacial score (nSPS) is 10.8. The largest absolute Gasteiger partial charge is 0.486 e. The van der Waals surface area contributed by atoms with Gasteiger partial charge in [-0.1, -0.05) is 47.1 Å². The van der Waals surface area contributed by atoms with E-state index in [1.54, 1.807) is 30.3 Å². The van der Waals surface area contributed by atoms with Gasteiger partial charge >= 0.3 is 0 Å². The lowest BCUT2D eigenvalue weighted by molar-refractivity contribution is 0.288. The van der Waals surface area contributed by atoms with Gasteiger partial charge in [0.25, 0.3) is 0 Å². The first-order valence-electron chi connectivity index (χ1n) is 8.05. The first-order chi connectivity index (χ1) is 13.1. The molecule has 0 aliphatic rings. The van der Waals surface area contributed by atoms with Gasteiger partial charge in [0, 0.05) is 22.3 Å². The molecule has 3 aromatic rings. The monoisotopic (exact) mass is 423 g/mol. The molecule has 0 bridgehead atoms. The summed E-state index contributed by atoms with van der Waals surface area (Å²) < 4.78 is 20.6. The molecule has 1 aromatic heterocycles. The summed E-state index contributed by atoms with van der Waals surface area (Å²) in [6, 6.07) is 11.2. The highest BCUT2D eigenvalue weighted by Gasteiger charge is 2.14. The van der Waals surface area contributed by atoms with Crippen molar-refractivity contribution in [3.63, 3.8) is 0 Å². The van der Waals surface area contributed by atoms with E-state index in [1.165, 1.54) is 23.9 Å². The van der Waals surface area contributed by atoms with Gasteiger partial charge in [0.05, 0.1) is 0 Å². The predicted molar refractivity (Wildman–Crippen MR) is 107 cm³/mol. The molecule has 1 heterocycles. The van der Waals surface area contributed by atoms with Gasteiger partial charge in [-0.2, -0.15) is 0 Å². The zero-order chi connectivity index (χ0) is 19.2. The topological polar surface area (TPSA) is 39.9 Å². The van der Waals surface area contributed by atoms with E-state index in [0.717, 1.165) is 5.56 Å². The average molecular weight is 424 g/mol. The Hall–Kier alpha value is -2.02. The summed E-state index contributed by atoms with van der Waals surface area (Å²) >= 11 is 13.9. The Morgan fingerprint density at radius 1 is 1.11 bits per heavy atom. The first-order valence-corrected chi connectivity index (χ1v) is 9.79. The summed E-state index contributed by atoms with van der Waals surface area (Å²) in [6.45, 7) is 4.53. The van der Waals surface area contributed by atoms with Crippen LogP contribution in [0.15, 0.2) is 60.3 Å². The Labute approximate surface area is 171 Å². The second-order valence-corrected chi connectivity index (χ2v) is 7.29. The number of thioether (sulfide) groups is 1. The van der Waals surface area contributed by atoms with Gasteiger partial charge in [-0.05, 0) is 42.0 Å². The van der Waals surface area contributed by atoms with Gasteiger partial charge in [0.1, 0.15) is 18.2 Å². The van der Waals surface area contributed by atoms with Crippen molar-refractivity contribution in [2.24, 2.45) is 0 Å². The van der Waals surface area contributed by atoms with Crippen LogP contribution in [0, 0.1) is 5.82 Å². The predicted octanol–water partition coefficient (Wildman–Crippen LogP) is 5.78. The second kappa shape index (κ2) is 9.26. The summed E-state index contributed by atoms with van der Waals surface area (Å²) in [5, 5.41) is 10.4. The Morgan fingerprint density at radius 3 is 2.48 bits per heavy atom. The van der Waals surface area contributed by atoms with Crippen LogP contribution in [0.25, 0.3) is 0 Å². The van der Waals surface area contributed by atoms with Crippen LogP contribution in [0.2, 0.25) is 10.0 Å². The van der Waals surface area contributed by atoms with Crippen molar-refractivity contribution in [3.05, 3.63) is 82.4 Å². The molecule has 140 valence electrons. The Bertz CT molecular complexity index is 911. The minimum Gasteiger partial charge on any atom is -0.486 e. The molecule has 0 unspecified atom stereocenters. The lowest BCUT2D eigenvalue weighted by Crippen LogP contribution is -2.07. The van der Waals surface area contributed by atoms with E-state index in [9.17, 15) is 4.39 Å². The molecule has 0 amide bonds. The van der Waals surface area contributed by atoms with Crippen molar-refractivity contribution in [1.82, 2.24) is 14.8 Å². The quantitative estimate of drug-likeness (QED) is 0.340. The van der Waals surface area contributed by atoms with Crippen LogP contribution < -0.4 is 4.74 Å². The number of halogens is 3. The fourth-order valence-corrected chi connectivity index (χ4v) is 4.04. The number of allylic oxidation sites excluding steroid dienone is 1. The molecule has 0 aliphatic heterocycles. The number of rotatable bonds is 8. The smallest absolute Gasteiger partial charge is 0.191 e. The van der Waals surface area contributed by atoms with Crippen molar-refractivity contribution < 1.29 is 9.13 Å². The molecule has 3 rings (SSSR count). The van der Waals surface area contributed by atoms with E-state index >= 15 is 0 Å². The van der Waals surface area contributed by atoms with Gasteiger partial charge in [-0.25, -0.2) is 4.39 Å². The van der Waals surface area contributed by atoms with Gasteiger partial charge < -0.3 is 4.74 Å². The van der Waals surface area contributed by atoms with E-state index in [-0.39, 0.29) is 12.4 Å². The van der Waals surface area contributed by atoms with Crippen molar-refractivity contribution in [2.45, 2.75) is 24.1 Å². The average Bonchev–Trinajstić information content (AvgIpc) is 3.03. The maximum Gasteiger partial charge on any atom is 0.191 e. The minimum absolute atomic E-state index is 0.208. The van der Waals surface area contributed by atoms with Gasteiger partial charge in [-0.15, -0.1) is 16.8 Å². The summed E-state index contributed by atoms with van der Waals surface area (Å²) in [5.74, 6) is 1.45. The SMILES string of the molecule is C=CCn1c(COc2ccc(F)cc2)nnc1SCc1c(Cl)cccc1Cl. The first kappa shape index (κ1) is 19.7. The molecule has 0 N–H and O–H groups in total. The second-order valence-electron chi connectivity index (χ2n) is 5.53. The Morgan fingerprint density at radius 2 is 1.81 bits per heavy atom. The maximum absolute atomic E-state index is 13.0. The highest BCUT2D eigenvalue weighted by atomic mass is 35.5. The molecule has 0 radical (unpaired) electrons. The molecular weight excluding hydrogens is 408 g/mol. The zero-order valence-electron chi connectivity index (χ0n) is 14.2. The number of nitrogens with zero attached hydrogens (tertiary/aromatic N) is 3. The van der Waals surface area contributed by atoms with Crippen LogP contribution in [-0.4, -0.2) is 14.8 Å². The molecular formula is C19H16Cl2FN3OS. The van der Waals surface area contributed by atoms with Gasteiger partial charge in [0.15, 0.2) is 11.0 Å². The molecule has 4 nitrogen and oxygen atoms in total. The van der Waals surface area contributed by atoms with E-state index in [0.29, 0.717) is 39.1 Å². The molecule has 0 saturated carbocycles. The molecule has 0 aliphatic carbocycles. The van der Waals surface area contributed by atoms with Crippen LogP contribution in [0.3, 0.4) is 0 Å². The zero-order valence-corrected chi connectivity index (χ0v) is 16.6. The summed E-state index contributed by atoms with van der Waals surface area (Å²) in [5.41, 5.74) is 0.850. The van der Waals surface area contributed by atoms with Crippen LogP contribution in [0.1, 0.15) is 11.4 Å². The third kappa shape index (κ3) is 5.03. The van der Waals surface area contributed by atoms with Crippen molar-refractivity contribution in [2.75, 3.05) is 0 Å². The number of hydrogen-bond donors (Lipinski definition) is 0. The maximum atomic E-state index is 13.0. The highest BCUT2D eigenvalue weighted by molar-refractivity contribution is 7.98. The number of aromatic nitrogens is 3.